The van der Waals surface area contributed by atoms with E-state index >= 15 is 0 Å². The zero-order valence-electron chi connectivity index (χ0n) is 8.74. The van der Waals surface area contributed by atoms with Crippen molar-refractivity contribution in [2.24, 2.45) is 0 Å². The van der Waals surface area contributed by atoms with E-state index in [1.165, 1.54) is 0 Å². The van der Waals surface area contributed by atoms with Gasteiger partial charge in [-0.05, 0) is 19.3 Å². The van der Waals surface area contributed by atoms with Crippen LogP contribution < -0.4 is 0 Å². The number of hydrogen-bond donors (Lipinski definition) is 2. The molecular weight excluding hydrogens is 256 g/mol. The van der Waals surface area contributed by atoms with Gasteiger partial charge >= 0.3 is 0 Å². The zero-order chi connectivity index (χ0) is 12.2. The van der Waals surface area contributed by atoms with Crippen LogP contribution >= 0.6 is 0 Å². The topological polar surface area (TPSA) is 107 Å². The molecule has 0 unspecified atom stereocenters. The molecule has 0 aromatic carbocycles. The van der Waals surface area contributed by atoms with Gasteiger partial charge in [0.25, 0.3) is 0 Å². The van der Waals surface area contributed by atoms with E-state index in [2.05, 4.69) is 4.18 Å². The molecule has 1 rings (SSSR count). The van der Waals surface area contributed by atoms with Crippen molar-refractivity contribution in [1.29, 1.82) is 0 Å². The number of aliphatic hydroxyl groups is 2. The third-order valence-electron chi connectivity index (χ3n) is 2.39. The van der Waals surface area contributed by atoms with Gasteiger partial charge in [-0.15, -0.1) is 0 Å². The fourth-order valence-corrected chi connectivity index (χ4v) is 4.58. The third kappa shape index (κ3) is 4.56. The Hall–Kier alpha value is 0.140. The lowest BCUT2D eigenvalue weighted by atomic mass is 10.3. The van der Waals surface area contributed by atoms with E-state index in [-0.39, 0.29) is 10.9 Å². The number of hydrogen-bond acceptors (Lipinski definition) is 6. The van der Waals surface area contributed by atoms with Crippen LogP contribution in [0.5, 0.6) is 0 Å². The van der Waals surface area contributed by atoms with E-state index in [1.807, 2.05) is 0 Å². The van der Waals surface area contributed by atoms with Gasteiger partial charge in [0.15, 0.2) is 6.10 Å². The van der Waals surface area contributed by atoms with Gasteiger partial charge in [0.2, 0.25) is 15.8 Å². The van der Waals surface area contributed by atoms with Crippen molar-refractivity contribution in [3.8, 4) is 0 Å². The normalized spacial score (nSPS) is 22.9. The molecule has 0 spiro atoms. The Morgan fingerprint density at radius 1 is 1.31 bits per heavy atom. The summed E-state index contributed by atoms with van der Waals surface area (Å²) in [6.07, 6.45) is 1.72. The van der Waals surface area contributed by atoms with Crippen molar-refractivity contribution < 1.29 is 27.4 Å². The van der Waals surface area contributed by atoms with Crippen LogP contribution in [0.4, 0.5) is 0 Å². The number of rotatable bonds is 5. The van der Waals surface area contributed by atoms with Gasteiger partial charge in [-0.1, -0.05) is 0 Å². The molecule has 1 aliphatic heterocycles. The molecule has 2 atom stereocenters. The van der Waals surface area contributed by atoms with E-state index in [1.54, 1.807) is 0 Å². The lowest BCUT2D eigenvalue weighted by Crippen LogP contribution is -2.43. The van der Waals surface area contributed by atoms with Crippen LogP contribution in [0.15, 0.2) is 0 Å². The Morgan fingerprint density at radius 3 is 2.31 bits per heavy atom. The maximum Gasteiger partial charge on any atom is 0.245 e. The predicted molar refractivity (Wildman–Crippen MR) is 58.6 cm³/mol. The zero-order valence-corrected chi connectivity index (χ0v) is 10.4. The van der Waals surface area contributed by atoms with E-state index in [0.717, 1.165) is 30.8 Å². The molecule has 0 aromatic heterocycles. The van der Waals surface area contributed by atoms with Gasteiger partial charge in [-0.3, -0.25) is 4.18 Å². The highest BCUT2D eigenvalue weighted by atomic mass is 32.3. The summed E-state index contributed by atoms with van der Waals surface area (Å²) in [5.41, 5.74) is -1.07. The first-order valence-electron chi connectivity index (χ1n) is 5.03. The SMILES string of the molecule is O=S(=O)([O-])O[C@@H](CO)[C@H](O)[S+]1CCCCC1. The molecule has 0 radical (unpaired) electrons. The molecule has 0 aromatic rings. The first-order valence-corrected chi connectivity index (χ1v) is 7.99. The molecule has 2 N–H and O–H groups in total. The molecule has 1 heterocycles. The maximum absolute atomic E-state index is 10.4. The van der Waals surface area contributed by atoms with Crippen molar-refractivity contribution in [3.63, 3.8) is 0 Å². The summed E-state index contributed by atoms with van der Waals surface area (Å²) in [5, 5.41) is 18.7. The average Bonchev–Trinajstić information content (AvgIpc) is 2.25. The second-order valence-electron chi connectivity index (χ2n) is 3.62. The van der Waals surface area contributed by atoms with Crippen LogP contribution in [-0.2, 0) is 25.5 Å². The maximum atomic E-state index is 10.4. The van der Waals surface area contributed by atoms with Gasteiger partial charge in [-0.2, -0.15) is 0 Å². The summed E-state index contributed by atoms with van der Waals surface area (Å²) in [7, 11) is -5.27. The summed E-state index contributed by atoms with van der Waals surface area (Å²) < 4.78 is 35.3. The lowest BCUT2D eigenvalue weighted by Gasteiger charge is -2.24. The molecule has 1 fully saturated rings. The molecule has 0 aliphatic carbocycles. The molecule has 0 amide bonds. The Bertz CT molecular complexity index is 298. The predicted octanol–water partition coefficient (Wildman–Crippen LogP) is -1.06. The van der Waals surface area contributed by atoms with Crippen LogP contribution in [0.3, 0.4) is 0 Å². The summed E-state index contributed by atoms with van der Waals surface area (Å²) in [6.45, 7) is -0.674. The van der Waals surface area contributed by atoms with Crippen molar-refractivity contribution in [1.82, 2.24) is 0 Å². The molecule has 0 bridgehead atoms. The van der Waals surface area contributed by atoms with Crippen LogP contribution in [0, 0.1) is 0 Å². The minimum absolute atomic E-state index is 0.387. The Balaban J connectivity index is 2.57. The van der Waals surface area contributed by atoms with E-state index in [0.29, 0.717) is 0 Å². The Morgan fingerprint density at radius 2 is 1.88 bits per heavy atom. The largest absolute Gasteiger partial charge is 0.726 e. The van der Waals surface area contributed by atoms with Crippen LogP contribution in [0.1, 0.15) is 19.3 Å². The van der Waals surface area contributed by atoms with E-state index < -0.39 is 28.5 Å². The van der Waals surface area contributed by atoms with E-state index in [9.17, 15) is 18.1 Å². The molecule has 96 valence electrons. The van der Waals surface area contributed by atoms with E-state index in [4.69, 9.17) is 5.11 Å². The van der Waals surface area contributed by atoms with Crippen molar-refractivity contribution in [3.05, 3.63) is 0 Å². The van der Waals surface area contributed by atoms with Crippen LogP contribution in [-0.4, -0.2) is 52.8 Å². The first kappa shape index (κ1) is 14.2. The summed E-state index contributed by atoms with van der Waals surface area (Å²) in [5.74, 6) is 1.58. The summed E-state index contributed by atoms with van der Waals surface area (Å²) in [6, 6.07) is 0. The van der Waals surface area contributed by atoms with Crippen LogP contribution in [0.2, 0.25) is 0 Å². The highest BCUT2D eigenvalue weighted by Gasteiger charge is 2.38. The lowest BCUT2D eigenvalue weighted by molar-refractivity contribution is 0.0395. The Labute approximate surface area is 97.9 Å². The second-order valence-corrected chi connectivity index (χ2v) is 7.01. The smallest absolute Gasteiger partial charge is 0.245 e. The standard InChI is InChI=1S/C8H16O6S2/c9-6-7(14-16(11,12)13)8(10)15-4-2-1-3-5-15/h7-10H,1-6H2/t7-,8+/m0/s1. The fourth-order valence-electron chi connectivity index (χ4n) is 1.63. The third-order valence-corrected chi connectivity index (χ3v) is 5.49. The molecule has 16 heavy (non-hydrogen) atoms. The van der Waals surface area contributed by atoms with Crippen molar-refractivity contribution in [2.75, 3.05) is 18.1 Å². The van der Waals surface area contributed by atoms with Gasteiger partial charge in [-0.25, -0.2) is 8.42 Å². The highest BCUT2D eigenvalue weighted by molar-refractivity contribution is 7.97. The average molecular weight is 272 g/mol. The molecule has 8 heteroatoms. The van der Waals surface area contributed by atoms with Crippen LogP contribution in [0.25, 0.3) is 0 Å². The molecule has 0 saturated carbocycles. The number of aliphatic hydroxyl groups excluding tert-OH is 2. The molecule has 1 saturated heterocycles. The minimum atomic E-state index is -4.88. The summed E-state index contributed by atoms with van der Waals surface area (Å²) >= 11 is 0. The quantitative estimate of drug-likeness (QED) is 0.375. The Kier molecular flexibility index (Phi) is 5.48. The monoisotopic (exact) mass is 272 g/mol. The molecule has 1 aliphatic rings. The first-order chi connectivity index (χ1) is 7.44. The van der Waals surface area contributed by atoms with Crippen molar-refractivity contribution in [2.45, 2.75) is 30.8 Å². The summed E-state index contributed by atoms with van der Waals surface area (Å²) in [4.78, 5) is 0. The molecule has 6 nitrogen and oxygen atoms in total. The molecular formula is C8H16O6S2. The minimum Gasteiger partial charge on any atom is -0.726 e. The fraction of sp³-hybridized carbons (Fsp3) is 1.00. The van der Waals surface area contributed by atoms with Gasteiger partial charge < -0.3 is 14.8 Å². The van der Waals surface area contributed by atoms with Gasteiger partial charge in [0, 0.05) is 10.9 Å². The second kappa shape index (κ2) is 6.18. The highest BCUT2D eigenvalue weighted by Crippen LogP contribution is 2.20. The van der Waals surface area contributed by atoms with Gasteiger partial charge in [0.1, 0.15) is 11.5 Å². The van der Waals surface area contributed by atoms with Crippen molar-refractivity contribution >= 4 is 21.3 Å². The van der Waals surface area contributed by atoms with Gasteiger partial charge in [0.05, 0.1) is 6.61 Å².